The van der Waals surface area contributed by atoms with E-state index >= 15 is 0 Å². The fourth-order valence-electron chi connectivity index (χ4n) is 2.90. The molecule has 102 valence electrons. The standard InChI is InChI=1S/C15H26N2S/c1-5-14-9-17(15(8-16-14)11(2)3)12(4)13-6-7-18-10-13/h6-7,10-12,14-16H,5,8-9H2,1-4H3. The normalized spacial score (nSPS) is 27.6. The van der Waals surface area contributed by atoms with Gasteiger partial charge in [0.25, 0.3) is 0 Å². The molecule has 0 spiro atoms. The molecular weight excluding hydrogens is 240 g/mol. The SMILES string of the molecule is CCC1CN(C(C)c2ccsc2)C(C(C)C)CN1. The first-order valence-electron chi connectivity index (χ1n) is 7.14. The van der Waals surface area contributed by atoms with Crippen molar-refractivity contribution in [3.63, 3.8) is 0 Å². The zero-order chi connectivity index (χ0) is 13.1. The Labute approximate surface area is 115 Å². The minimum absolute atomic E-state index is 0.541. The minimum atomic E-state index is 0.541. The molecule has 0 aliphatic carbocycles. The summed E-state index contributed by atoms with van der Waals surface area (Å²) < 4.78 is 0. The van der Waals surface area contributed by atoms with Crippen molar-refractivity contribution in [2.45, 2.75) is 52.2 Å². The van der Waals surface area contributed by atoms with E-state index in [1.54, 1.807) is 11.3 Å². The van der Waals surface area contributed by atoms with Crippen LogP contribution in [0.1, 0.15) is 45.7 Å². The number of hydrogen-bond donors (Lipinski definition) is 1. The van der Waals surface area contributed by atoms with Gasteiger partial charge >= 0.3 is 0 Å². The van der Waals surface area contributed by atoms with E-state index in [4.69, 9.17) is 0 Å². The maximum atomic E-state index is 3.69. The molecule has 3 atom stereocenters. The number of piperazine rings is 1. The fraction of sp³-hybridized carbons (Fsp3) is 0.733. The molecule has 0 bridgehead atoms. The van der Waals surface area contributed by atoms with Crippen molar-refractivity contribution in [3.05, 3.63) is 22.4 Å². The summed E-state index contributed by atoms with van der Waals surface area (Å²) in [4.78, 5) is 2.71. The molecule has 0 saturated carbocycles. The van der Waals surface area contributed by atoms with Gasteiger partial charge < -0.3 is 5.32 Å². The molecule has 2 nitrogen and oxygen atoms in total. The highest BCUT2D eigenvalue weighted by atomic mass is 32.1. The zero-order valence-electron chi connectivity index (χ0n) is 12.0. The predicted molar refractivity (Wildman–Crippen MR) is 80.1 cm³/mol. The van der Waals surface area contributed by atoms with Crippen LogP contribution in [0.3, 0.4) is 0 Å². The highest BCUT2D eigenvalue weighted by molar-refractivity contribution is 7.07. The van der Waals surface area contributed by atoms with Gasteiger partial charge in [0.2, 0.25) is 0 Å². The summed E-state index contributed by atoms with van der Waals surface area (Å²) in [5.74, 6) is 0.705. The molecule has 0 amide bonds. The molecule has 1 aromatic heterocycles. The lowest BCUT2D eigenvalue weighted by atomic mass is 9.94. The van der Waals surface area contributed by atoms with Gasteiger partial charge in [-0.3, -0.25) is 4.90 Å². The van der Waals surface area contributed by atoms with Gasteiger partial charge in [0.1, 0.15) is 0 Å². The number of nitrogens with zero attached hydrogens (tertiary/aromatic N) is 1. The maximum absolute atomic E-state index is 3.69. The van der Waals surface area contributed by atoms with Gasteiger partial charge in [0, 0.05) is 31.2 Å². The molecule has 0 radical (unpaired) electrons. The Morgan fingerprint density at radius 3 is 2.78 bits per heavy atom. The van der Waals surface area contributed by atoms with Crippen molar-refractivity contribution < 1.29 is 0 Å². The predicted octanol–water partition coefficient (Wildman–Crippen LogP) is 3.52. The van der Waals surface area contributed by atoms with Crippen LogP contribution in [0.5, 0.6) is 0 Å². The third-order valence-corrected chi connectivity index (χ3v) is 4.96. The van der Waals surface area contributed by atoms with E-state index in [0.29, 0.717) is 24.0 Å². The summed E-state index contributed by atoms with van der Waals surface area (Å²) in [6.45, 7) is 11.6. The molecule has 18 heavy (non-hydrogen) atoms. The number of thiophene rings is 1. The molecule has 3 unspecified atom stereocenters. The van der Waals surface area contributed by atoms with Crippen LogP contribution >= 0.6 is 11.3 Å². The monoisotopic (exact) mass is 266 g/mol. The molecule has 3 heteroatoms. The first-order valence-corrected chi connectivity index (χ1v) is 8.09. The second kappa shape index (κ2) is 6.18. The van der Waals surface area contributed by atoms with Crippen LogP contribution in [-0.2, 0) is 0 Å². The van der Waals surface area contributed by atoms with E-state index < -0.39 is 0 Å². The molecule has 1 N–H and O–H groups in total. The summed E-state index contributed by atoms with van der Waals surface area (Å²) >= 11 is 1.81. The average molecular weight is 266 g/mol. The Kier molecular flexibility index (Phi) is 4.82. The number of rotatable bonds is 4. The molecule has 1 fully saturated rings. The highest BCUT2D eigenvalue weighted by Gasteiger charge is 2.32. The van der Waals surface area contributed by atoms with Gasteiger partial charge in [0.05, 0.1) is 0 Å². The van der Waals surface area contributed by atoms with Crippen LogP contribution in [0.4, 0.5) is 0 Å². The quantitative estimate of drug-likeness (QED) is 0.897. The second-order valence-electron chi connectivity index (χ2n) is 5.75. The van der Waals surface area contributed by atoms with Crippen LogP contribution in [0.15, 0.2) is 16.8 Å². The van der Waals surface area contributed by atoms with Crippen molar-refractivity contribution in [1.82, 2.24) is 10.2 Å². The van der Waals surface area contributed by atoms with E-state index in [2.05, 4.69) is 54.7 Å². The van der Waals surface area contributed by atoms with Gasteiger partial charge in [-0.05, 0) is 41.7 Å². The van der Waals surface area contributed by atoms with E-state index in [1.165, 1.54) is 18.5 Å². The van der Waals surface area contributed by atoms with E-state index in [0.717, 1.165) is 6.54 Å². The van der Waals surface area contributed by atoms with E-state index in [-0.39, 0.29) is 0 Å². The molecule has 1 aliphatic heterocycles. The Balaban J connectivity index is 2.14. The summed E-state index contributed by atoms with van der Waals surface area (Å²) in [7, 11) is 0. The Hall–Kier alpha value is -0.380. The summed E-state index contributed by atoms with van der Waals surface area (Å²) in [6, 6.07) is 4.12. The average Bonchev–Trinajstić information content (AvgIpc) is 2.90. The third-order valence-electron chi connectivity index (χ3n) is 4.26. The largest absolute Gasteiger partial charge is 0.311 e. The minimum Gasteiger partial charge on any atom is -0.311 e. The Bertz CT molecular complexity index is 347. The van der Waals surface area contributed by atoms with Gasteiger partial charge in [-0.2, -0.15) is 11.3 Å². The third kappa shape index (κ3) is 2.95. The van der Waals surface area contributed by atoms with E-state index in [1.807, 2.05) is 0 Å². The van der Waals surface area contributed by atoms with Crippen LogP contribution in [0, 0.1) is 5.92 Å². The van der Waals surface area contributed by atoms with Gasteiger partial charge in [0.15, 0.2) is 0 Å². The lowest BCUT2D eigenvalue weighted by Gasteiger charge is -2.45. The lowest BCUT2D eigenvalue weighted by molar-refractivity contribution is 0.0612. The Morgan fingerprint density at radius 1 is 1.44 bits per heavy atom. The van der Waals surface area contributed by atoms with Gasteiger partial charge in [-0.1, -0.05) is 20.8 Å². The molecule has 1 aromatic rings. The smallest absolute Gasteiger partial charge is 0.0332 e. The highest BCUT2D eigenvalue weighted by Crippen LogP contribution is 2.29. The zero-order valence-corrected chi connectivity index (χ0v) is 12.8. The van der Waals surface area contributed by atoms with Crippen LogP contribution in [0.25, 0.3) is 0 Å². The summed E-state index contributed by atoms with van der Waals surface area (Å²) in [5.41, 5.74) is 1.47. The van der Waals surface area contributed by atoms with Crippen molar-refractivity contribution in [2.24, 2.45) is 5.92 Å². The second-order valence-corrected chi connectivity index (χ2v) is 6.53. The molecule has 1 aliphatic rings. The number of hydrogen-bond acceptors (Lipinski definition) is 3. The molecule has 2 heterocycles. The van der Waals surface area contributed by atoms with Crippen molar-refractivity contribution in [1.29, 1.82) is 0 Å². The van der Waals surface area contributed by atoms with Gasteiger partial charge in [-0.15, -0.1) is 0 Å². The summed E-state index contributed by atoms with van der Waals surface area (Å²) in [5, 5.41) is 8.18. The molecule has 0 aromatic carbocycles. The number of nitrogens with one attached hydrogen (secondary N) is 1. The van der Waals surface area contributed by atoms with Crippen LogP contribution in [0.2, 0.25) is 0 Å². The fourth-order valence-corrected chi connectivity index (χ4v) is 3.65. The topological polar surface area (TPSA) is 15.3 Å². The molecular formula is C15H26N2S. The van der Waals surface area contributed by atoms with E-state index in [9.17, 15) is 0 Å². The molecule has 2 rings (SSSR count). The van der Waals surface area contributed by atoms with Gasteiger partial charge in [-0.25, -0.2) is 0 Å². The Morgan fingerprint density at radius 2 is 2.22 bits per heavy atom. The maximum Gasteiger partial charge on any atom is 0.0332 e. The van der Waals surface area contributed by atoms with Crippen molar-refractivity contribution in [2.75, 3.05) is 13.1 Å². The van der Waals surface area contributed by atoms with Crippen molar-refractivity contribution in [3.8, 4) is 0 Å². The lowest BCUT2D eigenvalue weighted by Crippen LogP contribution is -2.58. The van der Waals surface area contributed by atoms with Crippen LogP contribution in [-0.4, -0.2) is 30.1 Å². The van der Waals surface area contributed by atoms with Crippen LogP contribution < -0.4 is 5.32 Å². The van der Waals surface area contributed by atoms with Crippen molar-refractivity contribution >= 4 is 11.3 Å². The first-order chi connectivity index (χ1) is 8.63. The summed E-state index contributed by atoms with van der Waals surface area (Å²) in [6.07, 6.45) is 1.22. The first kappa shape index (κ1) is 14.0. The molecule has 1 saturated heterocycles.